The van der Waals surface area contributed by atoms with E-state index in [1.165, 1.54) is 11.3 Å². The molecule has 1 aromatic rings. The minimum Gasteiger partial charge on any atom is -0.476 e. The molecule has 0 bridgehead atoms. The molecule has 0 unspecified atom stereocenters. The van der Waals surface area contributed by atoms with Gasteiger partial charge in [-0.1, -0.05) is 0 Å². The molecule has 1 saturated heterocycles. The summed E-state index contributed by atoms with van der Waals surface area (Å²) in [7, 11) is 1.64. The van der Waals surface area contributed by atoms with Gasteiger partial charge in [-0.2, -0.15) is 0 Å². The van der Waals surface area contributed by atoms with Gasteiger partial charge in [0.1, 0.15) is 0 Å². The van der Waals surface area contributed by atoms with Gasteiger partial charge in [-0.3, -0.25) is 0 Å². The van der Waals surface area contributed by atoms with Crippen LogP contribution in [-0.2, 0) is 9.47 Å². The van der Waals surface area contributed by atoms with Crippen LogP contribution in [0.1, 0.15) is 10.5 Å². The van der Waals surface area contributed by atoms with E-state index in [2.05, 4.69) is 4.98 Å². The van der Waals surface area contributed by atoms with E-state index in [-0.39, 0.29) is 11.7 Å². The van der Waals surface area contributed by atoms with Crippen LogP contribution in [0.25, 0.3) is 0 Å². The molecule has 0 amide bonds. The van der Waals surface area contributed by atoms with E-state index < -0.39 is 5.97 Å². The fourth-order valence-electron chi connectivity index (χ4n) is 1.73. The second-order valence-corrected chi connectivity index (χ2v) is 4.53. The largest absolute Gasteiger partial charge is 0.476 e. The van der Waals surface area contributed by atoms with Crippen molar-refractivity contribution in [1.29, 1.82) is 0 Å². The predicted octanol–water partition coefficient (Wildman–Crippen LogP) is 0.693. The van der Waals surface area contributed by atoms with Gasteiger partial charge in [0, 0.05) is 19.0 Å². The molecule has 7 heteroatoms. The molecule has 0 spiro atoms. The number of aromatic carboxylic acids is 1. The molecular formula is C10H14N2O4S. The summed E-state index contributed by atoms with van der Waals surface area (Å²) in [4.78, 5) is 16.9. The van der Waals surface area contributed by atoms with Crippen LogP contribution in [0.5, 0.6) is 0 Å². The highest BCUT2D eigenvalue weighted by Gasteiger charge is 2.26. The third kappa shape index (κ3) is 2.74. The molecular weight excluding hydrogens is 244 g/mol. The molecule has 1 aromatic heterocycles. The lowest BCUT2D eigenvalue weighted by Crippen LogP contribution is -2.48. The zero-order valence-electron chi connectivity index (χ0n) is 9.46. The lowest BCUT2D eigenvalue weighted by Gasteiger charge is -2.34. The Morgan fingerprint density at radius 3 is 3.29 bits per heavy atom. The Morgan fingerprint density at radius 2 is 2.65 bits per heavy atom. The maximum Gasteiger partial charge on any atom is 0.355 e. The third-order valence-electron chi connectivity index (χ3n) is 2.54. The lowest BCUT2D eigenvalue weighted by atomic mass is 10.2. The summed E-state index contributed by atoms with van der Waals surface area (Å²) < 4.78 is 10.5. The quantitative estimate of drug-likeness (QED) is 0.857. The first kappa shape index (κ1) is 12.3. The highest BCUT2D eigenvalue weighted by atomic mass is 32.1. The van der Waals surface area contributed by atoms with Crippen LogP contribution in [0.3, 0.4) is 0 Å². The highest BCUT2D eigenvalue weighted by Crippen LogP contribution is 2.24. The number of aromatic nitrogens is 1. The molecule has 1 fully saturated rings. The Bertz CT molecular complexity index is 393. The second kappa shape index (κ2) is 5.44. The summed E-state index contributed by atoms with van der Waals surface area (Å²) in [5.74, 6) is -0.996. The number of morpholine rings is 1. The first-order valence-corrected chi connectivity index (χ1v) is 6.12. The van der Waals surface area contributed by atoms with Crippen molar-refractivity contribution < 1.29 is 19.4 Å². The van der Waals surface area contributed by atoms with Gasteiger partial charge < -0.3 is 19.5 Å². The number of carbonyl (C=O) groups is 1. The van der Waals surface area contributed by atoms with Crippen molar-refractivity contribution in [3.63, 3.8) is 0 Å². The third-order valence-corrected chi connectivity index (χ3v) is 3.42. The minimum atomic E-state index is -0.996. The van der Waals surface area contributed by atoms with Gasteiger partial charge in [0.15, 0.2) is 10.8 Å². The first-order valence-electron chi connectivity index (χ1n) is 5.24. The fourth-order valence-corrected chi connectivity index (χ4v) is 2.63. The van der Waals surface area contributed by atoms with E-state index in [1.807, 2.05) is 4.90 Å². The number of nitrogens with zero attached hydrogens (tertiary/aromatic N) is 2. The van der Waals surface area contributed by atoms with E-state index in [0.717, 1.165) is 0 Å². The van der Waals surface area contributed by atoms with E-state index in [9.17, 15) is 4.79 Å². The molecule has 1 aliphatic heterocycles. The Labute approximate surface area is 103 Å². The molecule has 1 aliphatic rings. The summed E-state index contributed by atoms with van der Waals surface area (Å²) in [6, 6.07) is 0.0987. The van der Waals surface area contributed by atoms with E-state index >= 15 is 0 Å². The number of hydrogen-bond acceptors (Lipinski definition) is 6. The minimum absolute atomic E-state index is 0.0904. The van der Waals surface area contributed by atoms with E-state index in [1.54, 1.807) is 12.5 Å². The van der Waals surface area contributed by atoms with Crippen LogP contribution in [-0.4, -0.2) is 55.6 Å². The van der Waals surface area contributed by atoms with Crippen LogP contribution in [0.15, 0.2) is 5.38 Å². The average molecular weight is 258 g/mol. The molecule has 1 atom stereocenters. The summed E-state index contributed by atoms with van der Waals surface area (Å²) in [6.45, 7) is 2.46. The number of carboxylic acid groups (broad SMARTS) is 1. The molecule has 17 heavy (non-hydrogen) atoms. The highest BCUT2D eigenvalue weighted by molar-refractivity contribution is 7.13. The number of hydrogen-bond donors (Lipinski definition) is 1. The standard InChI is InChI=1S/C10H14N2O4S/c1-15-4-7-5-16-3-2-12(7)10-11-8(6-17-10)9(13)14/h6-7H,2-5H2,1H3,(H,13,14)/t7-/m0/s1. The predicted molar refractivity (Wildman–Crippen MR) is 62.9 cm³/mol. The van der Waals surface area contributed by atoms with Crippen molar-refractivity contribution >= 4 is 22.4 Å². The number of ether oxygens (including phenoxy) is 2. The van der Waals surface area contributed by atoms with Gasteiger partial charge in [-0.15, -0.1) is 11.3 Å². The normalized spacial score (nSPS) is 20.5. The van der Waals surface area contributed by atoms with Crippen molar-refractivity contribution in [2.24, 2.45) is 0 Å². The number of anilines is 1. The first-order chi connectivity index (χ1) is 8.22. The van der Waals surface area contributed by atoms with Gasteiger partial charge in [0.05, 0.1) is 25.9 Å². The van der Waals surface area contributed by atoms with E-state index in [0.29, 0.717) is 31.5 Å². The second-order valence-electron chi connectivity index (χ2n) is 3.70. The summed E-state index contributed by atoms with van der Waals surface area (Å²) in [6.07, 6.45) is 0. The van der Waals surface area contributed by atoms with E-state index in [4.69, 9.17) is 14.6 Å². The molecule has 2 heterocycles. The molecule has 0 radical (unpaired) electrons. The van der Waals surface area contributed by atoms with Crippen molar-refractivity contribution in [1.82, 2.24) is 4.98 Å². The number of carboxylic acids is 1. The molecule has 0 aliphatic carbocycles. The molecule has 6 nitrogen and oxygen atoms in total. The topological polar surface area (TPSA) is 71.9 Å². The Hall–Kier alpha value is -1.18. The molecule has 1 N–H and O–H groups in total. The average Bonchev–Trinajstić information content (AvgIpc) is 2.79. The van der Waals surface area contributed by atoms with Crippen LogP contribution < -0.4 is 4.90 Å². The molecule has 0 aromatic carbocycles. The van der Waals surface area contributed by atoms with Crippen molar-refractivity contribution in [2.75, 3.05) is 38.4 Å². The molecule has 94 valence electrons. The van der Waals surface area contributed by atoms with Crippen LogP contribution >= 0.6 is 11.3 Å². The van der Waals surface area contributed by atoms with Gasteiger partial charge >= 0.3 is 5.97 Å². The molecule has 2 rings (SSSR count). The summed E-state index contributed by atoms with van der Waals surface area (Å²) >= 11 is 1.34. The van der Waals surface area contributed by atoms with Crippen molar-refractivity contribution in [3.05, 3.63) is 11.1 Å². The Kier molecular flexibility index (Phi) is 3.93. The van der Waals surface area contributed by atoms with Gasteiger partial charge in [-0.25, -0.2) is 9.78 Å². The van der Waals surface area contributed by atoms with Gasteiger partial charge in [0.2, 0.25) is 0 Å². The van der Waals surface area contributed by atoms with Crippen LogP contribution in [0, 0.1) is 0 Å². The maximum absolute atomic E-state index is 10.8. The number of thiazole rings is 1. The summed E-state index contributed by atoms with van der Waals surface area (Å²) in [5.41, 5.74) is 0.0904. The monoisotopic (exact) mass is 258 g/mol. The summed E-state index contributed by atoms with van der Waals surface area (Å²) in [5, 5.41) is 11.1. The van der Waals surface area contributed by atoms with Crippen molar-refractivity contribution in [3.8, 4) is 0 Å². The fraction of sp³-hybridized carbons (Fsp3) is 0.600. The number of rotatable bonds is 4. The maximum atomic E-state index is 10.8. The number of methoxy groups -OCH3 is 1. The zero-order valence-corrected chi connectivity index (χ0v) is 10.3. The van der Waals surface area contributed by atoms with Crippen LogP contribution in [0.4, 0.5) is 5.13 Å². The van der Waals surface area contributed by atoms with Crippen molar-refractivity contribution in [2.45, 2.75) is 6.04 Å². The van der Waals surface area contributed by atoms with Gasteiger partial charge in [0.25, 0.3) is 0 Å². The van der Waals surface area contributed by atoms with Gasteiger partial charge in [-0.05, 0) is 0 Å². The molecule has 0 saturated carbocycles. The SMILES string of the molecule is COC[C@H]1COCCN1c1nc(C(=O)O)cs1. The Balaban J connectivity index is 2.14. The lowest BCUT2D eigenvalue weighted by molar-refractivity contribution is 0.0601. The zero-order chi connectivity index (χ0) is 12.3. The smallest absolute Gasteiger partial charge is 0.355 e. The van der Waals surface area contributed by atoms with Crippen LogP contribution in [0.2, 0.25) is 0 Å². The Morgan fingerprint density at radius 1 is 1.82 bits per heavy atom.